The summed E-state index contributed by atoms with van der Waals surface area (Å²) in [7, 11) is -3.15. The molecule has 1 aliphatic heterocycles. The largest absolute Gasteiger partial charge is 0.351 e. The van der Waals surface area contributed by atoms with E-state index in [0.29, 0.717) is 30.8 Å². The molecule has 1 atom stereocenters. The molecule has 1 unspecified atom stereocenters. The van der Waals surface area contributed by atoms with Crippen molar-refractivity contribution in [3.63, 3.8) is 0 Å². The zero-order valence-corrected chi connectivity index (χ0v) is 17.3. The lowest BCUT2D eigenvalue weighted by atomic mass is 10.0. The van der Waals surface area contributed by atoms with Gasteiger partial charge in [0.15, 0.2) is 0 Å². The Morgan fingerprint density at radius 3 is 2.37 bits per heavy atom. The zero-order chi connectivity index (χ0) is 19.6. The van der Waals surface area contributed by atoms with Gasteiger partial charge < -0.3 is 10.6 Å². The van der Waals surface area contributed by atoms with Crippen molar-refractivity contribution in [2.45, 2.75) is 56.9 Å². The van der Waals surface area contributed by atoms with Gasteiger partial charge in [0.25, 0.3) is 5.91 Å². The van der Waals surface area contributed by atoms with E-state index in [1.165, 1.54) is 11.3 Å². The summed E-state index contributed by atoms with van der Waals surface area (Å²) in [6.07, 6.45) is 2.72. The van der Waals surface area contributed by atoms with E-state index in [-0.39, 0.29) is 29.0 Å². The van der Waals surface area contributed by atoms with Gasteiger partial charge in [0.2, 0.25) is 15.9 Å². The molecule has 2 amide bonds. The summed E-state index contributed by atoms with van der Waals surface area (Å²) in [5.41, 5.74) is 0. The first-order valence-corrected chi connectivity index (χ1v) is 11.8. The number of piperidine rings is 1. The van der Waals surface area contributed by atoms with E-state index in [4.69, 9.17) is 0 Å². The second-order valence-electron chi connectivity index (χ2n) is 7.60. The number of hydrogen-bond donors (Lipinski definition) is 2. The molecule has 0 spiro atoms. The summed E-state index contributed by atoms with van der Waals surface area (Å²) in [5, 5.41) is 7.44. The van der Waals surface area contributed by atoms with Crippen molar-refractivity contribution in [3.05, 3.63) is 22.4 Å². The molecule has 1 aliphatic carbocycles. The predicted octanol–water partition coefficient (Wildman–Crippen LogP) is 1.58. The lowest BCUT2D eigenvalue weighted by molar-refractivity contribution is -0.124. The molecule has 150 valence electrons. The summed E-state index contributed by atoms with van der Waals surface area (Å²) in [6, 6.07) is 2.84. The minimum Gasteiger partial charge on any atom is -0.351 e. The normalized spacial score (nSPS) is 20.4. The average Bonchev–Trinajstić information content (AvgIpc) is 3.35. The Balaban J connectivity index is 1.53. The Bertz CT molecular complexity index is 765. The molecule has 2 aliphatic rings. The van der Waals surface area contributed by atoms with Crippen LogP contribution in [0.4, 0.5) is 0 Å². The van der Waals surface area contributed by atoms with E-state index < -0.39 is 16.1 Å². The quantitative estimate of drug-likeness (QED) is 0.709. The highest BCUT2D eigenvalue weighted by atomic mass is 32.2. The maximum Gasteiger partial charge on any atom is 0.262 e. The number of carbonyl (C=O) groups is 2. The molecule has 0 bridgehead atoms. The predicted molar refractivity (Wildman–Crippen MR) is 105 cm³/mol. The standard InChI is InChI=1S/C18H27N3O4S2/c1-12(2)16(20-17(22)15-4-3-11-26-15)18(23)19-13-7-9-21(10-8-13)27(24,25)14-5-6-14/h3-4,11-14,16H,5-10H2,1-2H3,(H,19,23)(H,20,22). The van der Waals surface area contributed by atoms with Gasteiger partial charge in [-0.05, 0) is 43.0 Å². The molecule has 2 fully saturated rings. The third kappa shape index (κ3) is 4.89. The first-order chi connectivity index (χ1) is 12.8. The van der Waals surface area contributed by atoms with Crippen LogP contribution in [0.25, 0.3) is 0 Å². The van der Waals surface area contributed by atoms with Gasteiger partial charge in [-0.15, -0.1) is 11.3 Å². The number of carbonyl (C=O) groups excluding carboxylic acids is 2. The SMILES string of the molecule is CC(C)C(NC(=O)c1cccs1)C(=O)NC1CCN(S(=O)(=O)C2CC2)CC1. The van der Waals surface area contributed by atoms with Gasteiger partial charge in [-0.3, -0.25) is 9.59 Å². The fourth-order valence-corrected chi connectivity index (χ4v) is 5.78. The van der Waals surface area contributed by atoms with Gasteiger partial charge in [0, 0.05) is 19.1 Å². The highest BCUT2D eigenvalue weighted by Gasteiger charge is 2.41. The van der Waals surface area contributed by atoms with Gasteiger partial charge in [0.05, 0.1) is 10.1 Å². The highest BCUT2D eigenvalue weighted by molar-refractivity contribution is 7.90. The van der Waals surface area contributed by atoms with Crippen molar-refractivity contribution in [3.8, 4) is 0 Å². The Morgan fingerprint density at radius 2 is 1.85 bits per heavy atom. The summed E-state index contributed by atoms with van der Waals surface area (Å²) in [4.78, 5) is 25.6. The van der Waals surface area contributed by atoms with Gasteiger partial charge in [0.1, 0.15) is 6.04 Å². The first-order valence-electron chi connectivity index (χ1n) is 9.42. The summed E-state index contributed by atoms with van der Waals surface area (Å²) < 4.78 is 26.2. The molecule has 1 saturated carbocycles. The summed E-state index contributed by atoms with van der Waals surface area (Å²) in [6.45, 7) is 4.67. The fourth-order valence-electron chi connectivity index (χ4n) is 3.28. The topological polar surface area (TPSA) is 95.6 Å². The number of nitrogens with zero attached hydrogens (tertiary/aromatic N) is 1. The molecule has 1 aromatic heterocycles. The van der Waals surface area contributed by atoms with Gasteiger partial charge in [-0.1, -0.05) is 19.9 Å². The second kappa shape index (κ2) is 8.28. The van der Waals surface area contributed by atoms with Crippen molar-refractivity contribution in [1.29, 1.82) is 0 Å². The van der Waals surface area contributed by atoms with Crippen LogP contribution in [0.5, 0.6) is 0 Å². The molecule has 7 nitrogen and oxygen atoms in total. The number of rotatable bonds is 7. The molecule has 2 heterocycles. The minimum absolute atomic E-state index is 0.0516. The maximum atomic E-state index is 12.7. The minimum atomic E-state index is -3.15. The van der Waals surface area contributed by atoms with Gasteiger partial charge in [-0.2, -0.15) is 0 Å². The fraction of sp³-hybridized carbons (Fsp3) is 0.667. The van der Waals surface area contributed by atoms with Crippen molar-refractivity contribution in [2.24, 2.45) is 5.92 Å². The van der Waals surface area contributed by atoms with E-state index >= 15 is 0 Å². The van der Waals surface area contributed by atoms with Crippen LogP contribution in [0.15, 0.2) is 17.5 Å². The molecule has 1 saturated heterocycles. The van der Waals surface area contributed by atoms with E-state index in [9.17, 15) is 18.0 Å². The van der Waals surface area contributed by atoms with Crippen LogP contribution in [0.2, 0.25) is 0 Å². The molecule has 1 aromatic rings. The highest BCUT2D eigenvalue weighted by Crippen LogP contribution is 2.32. The second-order valence-corrected chi connectivity index (χ2v) is 10.8. The molecule has 0 aromatic carbocycles. The third-order valence-corrected chi connectivity index (χ3v) is 8.35. The van der Waals surface area contributed by atoms with Crippen LogP contribution in [0.1, 0.15) is 49.2 Å². The lowest BCUT2D eigenvalue weighted by Gasteiger charge is -2.33. The zero-order valence-electron chi connectivity index (χ0n) is 15.7. The number of hydrogen-bond acceptors (Lipinski definition) is 5. The molecule has 3 rings (SSSR count). The van der Waals surface area contributed by atoms with Gasteiger partial charge in [-0.25, -0.2) is 12.7 Å². The van der Waals surface area contributed by atoms with E-state index in [1.54, 1.807) is 16.4 Å². The van der Waals surface area contributed by atoms with E-state index in [1.807, 2.05) is 19.2 Å². The van der Waals surface area contributed by atoms with Crippen LogP contribution in [-0.4, -0.2) is 55.0 Å². The Kier molecular flexibility index (Phi) is 6.22. The van der Waals surface area contributed by atoms with Crippen LogP contribution in [-0.2, 0) is 14.8 Å². The van der Waals surface area contributed by atoms with E-state index in [2.05, 4.69) is 10.6 Å². The molecular formula is C18H27N3O4S2. The van der Waals surface area contributed by atoms with Crippen LogP contribution in [0.3, 0.4) is 0 Å². The van der Waals surface area contributed by atoms with Crippen LogP contribution in [0, 0.1) is 5.92 Å². The number of nitrogens with one attached hydrogen (secondary N) is 2. The maximum absolute atomic E-state index is 12.7. The molecule has 0 radical (unpaired) electrons. The van der Waals surface area contributed by atoms with Crippen molar-refractivity contribution in [1.82, 2.24) is 14.9 Å². The van der Waals surface area contributed by atoms with E-state index in [0.717, 1.165) is 12.8 Å². The smallest absolute Gasteiger partial charge is 0.262 e. The molecule has 2 N–H and O–H groups in total. The number of sulfonamides is 1. The van der Waals surface area contributed by atoms with Crippen LogP contribution < -0.4 is 10.6 Å². The molecular weight excluding hydrogens is 386 g/mol. The third-order valence-electron chi connectivity index (χ3n) is 5.09. The Labute approximate surface area is 164 Å². The van der Waals surface area contributed by atoms with Crippen molar-refractivity contribution >= 4 is 33.2 Å². The van der Waals surface area contributed by atoms with Gasteiger partial charge >= 0.3 is 0 Å². The number of thiophene rings is 1. The van der Waals surface area contributed by atoms with Crippen molar-refractivity contribution in [2.75, 3.05) is 13.1 Å². The molecule has 27 heavy (non-hydrogen) atoms. The average molecular weight is 414 g/mol. The Hall–Kier alpha value is -1.45. The number of amides is 2. The van der Waals surface area contributed by atoms with Crippen molar-refractivity contribution < 1.29 is 18.0 Å². The first kappa shape index (κ1) is 20.3. The molecule has 9 heteroatoms. The Morgan fingerprint density at radius 1 is 1.19 bits per heavy atom. The summed E-state index contributed by atoms with van der Waals surface area (Å²) >= 11 is 1.34. The van der Waals surface area contributed by atoms with Crippen LogP contribution >= 0.6 is 11.3 Å². The lowest BCUT2D eigenvalue weighted by Crippen LogP contribution is -2.54. The summed E-state index contributed by atoms with van der Waals surface area (Å²) in [5.74, 6) is -0.508. The monoisotopic (exact) mass is 413 g/mol.